The second-order valence-electron chi connectivity index (χ2n) is 11.4. The number of nitrogens with one attached hydrogen (secondary N) is 2. The van der Waals surface area contributed by atoms with Crippen molar-refractivity contribution in [3.8, 4) is 28.6 Å². The normalized spacial score (nSPS) is 15.7. The van der Waals surface area contributed by atoms with E-state index in [-0.39, 0.29) is 25.0 Å². The fourth-order valence-electron chi connectivity index (χ4n) is 6.52. The number of para-hydroxylation sites is 1. The minimum Gasteiger partial charge on any atom is -0.508 e. The highest BCUT2D eigenvalue weighted by Crippen LogP contribution is 2.44. The number of aryl methyl sites for hydroxylation is 1. The van der Waals surface area contributed by atoms with E-state index in [0.29, 0.717) is 22.6 Å². The van der Waals surface area contributed by atoms with Crippen molar-refractivity contribution in [2.24, 2.45) is 0 Å². The van der Waals surface area contributed by atoms with Crippen LogP contribution in [0.2, 0.25) is 0 Å². The van der Waals surface area contributed by atoms with Gasteiger partial charge in [0.2, 0.25) is 6.79 Å². The van der Waals surface area contributed by atoms with Gasteiger partial charge in [0.05, 0.1) is 16.6 Å². The summed E-state index contributed by atoms with van der Waals surface area (Å²) in [5, 5.41) is 23.5. The van der Waals surface area contributed by atoms with Crippen LogP contribution in [0.3, 0.4) is 0 Å². The van der Waals surface area contributed by atoms with Crippen molar-refractivity contribution in [2.45, 2.75) is 57.5 Å². The molecule has 4 N–H and O–H groups in total. The molecule has 2 aliphatic rings. The number of phenols is 1. The molecule has 5 aromatic rings. The second kappa shape index (κ2) is 10.7. The highest BCUT2D eigenvalue weighted by Gasteiger charge is 2.28. The number of aromatic hydroxyl groups is 1. The minimum absolute atomic E-state index is 0.0558. The molecule has 220 valence electrons. The number of rotatable bonds is 7. The first-order valence-corrected chi connectivity index (χ1v) is 14.6. The highest BCUT2D eigenvalue weighted by atomic mass is 16.7. The molecule has 1 atom stereocenters. The summed E-state index contributed by atoms with van der Waals surface area (Å²) in [6, 6.07) is 15.1. The van der Waals surface area contributed by atoms with Gasteiger partial charge in [0.15, 0.2) is 11.5 Å². The quantitative estimate of drug-likeness (QED) is 0.189. The number of H-pyrrole nitrogens is 1. The molecular weight excluding hydrogens is 548 g/mol. The van der Waals surface area contributed by atoms with E-state index in [0.717, 1.165) is 64.7 Å². The van der Waals surface area contributed by atoms with Gasteiger partial charge in [-0.3, -0.25) is 4.79 Å². The van der Waals surface area contributed by atoms with Crippen molar-refractivity contribution in [1.82, 2.24) is 19.9 Å². The maximum absolute atomic E-state index is 13.5. The summed E-state index contributed by atoms with van der Waals surface area (Å²) in [5.41, 5.74) is 5.03. The molecule has 10 nitrogen and oxygen atoms in total. The lowest BCUT2D eigenvalue weighted by Crippen LogP contribution is -2.42. The Morgan fingerprint density at radius 3 is 2.74 bits per heavy atom. The van der Waals surface area contributed by atoms with E-state index >= 15 is 0 Å². The van der Waals surface area contributed by atoms with Crippen LogP contribution in [-0.2, 0) is 11.2 Å². The first-order chi connectivity index (χ1) is 20.9. The first kappa shape index (κ1) is 26.9. The summed E-state index contributed by atoms with van der Waals surface area (Å²) in [7, 11) is 0. The molecule has 0 radical (unpaired) electrons. The number of phenolic OH excluding ortho intramolecular Hbond substituents is 1. The Kier molecular flexibility index (Phi) is 6.68. The molecule has 7 rings (SSSR count). The Bertz CT molecular complexity index is 1880. The summed E-state index contributed by atoms with van der Waals surface area (Å²) in [4.78, 5) is 34.0. The van der Waals surface area contributed by atoms with E-state index in [1.54, 1.807) is 30.3 Å². The predicted molar refractivity (Wildman–Crippen MR) is 161 cm³/mol. The Labute approximate surface area is 247 Å². The molecule has 1 fully saturated rings. The number of hydrogen-bond acceptors (Lipinski definition) is 6. The fourth-order valence-corrected chi connectivity index (χ4v) is 6.52. The minimum atomic E-state index is -1.18. The van der Waals surface area contributed by atoms with Crippen molar-refractivity contribution in [3.63, 3.8) is 0 Å². The smallest absolute Gasteiger partial charge is 0.326 e. The number of carboxylic acids is 1. The third kappa shape index (κ3) is 4.82. The zero-order valence-corrected chi connectivity index (χ0v) is 23.7. The Morgan fingerprint density at radius 2 is 1.93 bits per heavy atom. The molecule has 0 bridgehead atoms. The number of hydrogen-bond donors (Lipinski definition) is 4. The first-order valence-electron chi connectivity index (χ1n) is 14.6. The van der Waals surface area contributed by atoms with Gasteiger partial charge in [-0.05, 0) is 73.9 Å². The van der Waals surface area contributed by atoms with Gasteiger partial charge in [-0.15, -0.1) is 0 Å². The molecule has 1 saturated carbocycles. The van der Waals surface area contributed by atoms with Crippen LogP contribution in [0.1, 0.15) is 59.8 Å². The number of nitrogens with zero attached hydrogens (tertiary/aromatic N) is 2. The van der Waals surface area contributed by atoms with Crippen LogP contribution in [0.4, 0.5) is 0 Å². The lowest BCUT2D eigenvalue weighted by molar-refractivity contribution is -0.139. The van der Waals surface area contributed by atoms with E-state index < -0.39 is 17.9 Å². The van der Waals surface area contributed by atoms with Crippen LogP contribution >= 0.6 is 0 Å². The van der Waals surface area contributed by atoms with Gasteiger partial charge in [-0.2, -0.15) is 0 Å². The van der Waals surface area contributed by atoms with Gasteiger partial charge in [-0.25, -0.2) is 9.78 Å². The lowest BCUT2D eigenvalue weighted by atomic mass is 9.94. The largest absolute Gasteiger partial charge is 0.508 e. The third-order valence-electron chi connectivity index (χ3n) is 8.64. The van der Waals surface area contributed by atoms with Gasteiger partial charge in [0.25, 0.3) is 5.91 Å². The number of carbonyl (C=O) groups is 2. The fraction of sp³-hybridized carbons (Fsp3) is 0.303. The van der Waals surface area contributed by atoms with Gasteiger partial charge in [0.1, 0.15) is 17.6 Å². The Balaban J connectivity index is 1.23. The molecule has 1 aliphatic carbocycles. The molecule has 0 spiro atoms. The van der Waals surface area contributed by atoms with Gasteiger partial charge < -0.3 is 34.6 Å². The standard InChI is InChI=1S/C33H32N4O6/c1-18-23(24-15-21(38)11-12-25(24)34-18)16-27(33(40)41)36-32(39)19-10-13-28-26(14-19)35-31(37(28)20-6-3-2-4-7-20)22-8-5-9-29-30(22)43-17-42-29/h5,8-15,20,27,34,38H,2-4,6-7,16-17H2,1H3,(H,36,39)(H,40,41)/t27-/m0/s1. The predicted octanol–water partition coefficient (Wildman–Crippen LogP) is 5.86. The summed E-state index contributed by atoms with van der Waals surface area (Å²) in [6.45, 7) is 2.00. The van der Waals surface area contributed by atoms with Crippen LogP contribution in [0.15, 0.2) is 54.6 Å². The van der Waals surface area contributed by atoms with E-state index in [9.17, 15) is 19.8 Å². The molecular formula is C33H32N4O6. The van der Waals surface area contributed by atoms with Gasteiger partial charge in [-0.1, -0.05) is 25.3 Å². The van der Waals surface area contributed by atoms with Gasteiger partial charge in [0, 0.05) is 34.6 Å². The number of fused-ring (bicyclic) bond motifs is 3. The molecule has 2 aromatic heterocycles. The summed E-state index contributed by atoms with van der Waals surface area (Å²) in [5.74, 6) is 0.554. The number of ether oxygens (including phenoxy) is 2. The van der Waals surface area contributed by atoms with Crippen LogP contribution in [0, 0.1) is 6.92 Å². The number of amides is 1. The number of aromatic nitrogens is 3. The number of benzene rings is 3. The molecule has 0 unspecified atom stereocenters. The molecule has 3 aromatic carbocycles. The van der Waals surface area contributed by atoms with E-state index in [4.69, 9.17) is 14.5 Å². The Morgan fingerprint density at radius 1 is 1.09 bits per heavy atom. The average Bonchev–Trinajstić information content (AvgIpc) is 3.72. The second-order valence-corrected chi connectivity index (χ2v) is 11.4. The molecule has 3 heterocycles. The zero-order valence-electron chi connectivity index (χ0n) is 23.7. The monoisotopic (exact) mass is 580 g/mol. The number of imidazole rings is 1. The van der Waals surface area contributed by atoms with Crippen LogP contribution in [0.5, 0.6) is 17.2 Å². The SMILES string of the molecule is Cc1[nH]c2ccc(O)cc2c1C[C@H](NC(=O)c1ccc2c(c1)nc(-c1cccc3c1OCO3)n2C1CCCCC1)C(=O)O. The van der Waals surface area contributed by atoms with Crippen molar-refractivity contribution in [3.05, 3.63) is 71.4 Å². The average molecular weight is 581 g/mol. The zero-order chi connectivity index (χ0) is 29.7. The molecule has 1 amide bonds. The van der Waals surface area contributed by atoms with Crippen LogP contribution < -0.4 is 14.8 Å². The maximum atomic E-state index is 13.5. The molecule has 43 heavy (non-hydrogen) atoms. The molecule has 0 saturated heterocycles. The van der Waals surface area contributed by atoms with E-state index in [2.05, 4.69) is 14.9 Å². The topological polar surface area (TPSA) is 139 Å². The third-order valence-corrected chi connectivity index (χ3v) is 8.64. The highest BCUT2D eigenvalue weighted by molar-refractivity contribution is 6.00. The number of aliphatic carboxylic acids is 1. The summed E-state index contributed by atoms with van der Waals surface area (Å²) >= 11 is 0. The van der Waals surface area contributed by atoms with E-state index in [1.807, 2.05) is 31.2 Å². The van der Waals surface area contributed by atoms with Crippen LogP contribution in [-0.4, -0.2) is 49.5 Å². The van der Waals surface area contributed by atoms with Crippen molar-refractivity contribution >= 4 is 33.8 Å². The lowest BCUT2D eigenvalue weighted by Gasteiger charge is -2.26. The molecule has 10 heteroatoms. The number of aromatic amines is 1. The number of carbonyl (C=O) groups excluding carboxylic acids is 1. The van der Waals surface area contributed by atoms with Crippen molar-refractivity contribution in [2.75, 3.05) is 6.79 Å². The van der Waals surface area contributed by atoms with Crippen LogP contribution in [0.25, 0.3) is 33.3 Å². The molecule has 1 aliphatic heterocycles. The summed E-state index contributed by atoms with van der Waals surface area (Å²) < 4.78 is 13.7. The van der Waals surface area contributed by atoms with Crippen molar-refractivity contribution in [1.29, 1.82) is 0 Å². The van der Waals surface area contributed by atoms with E-state index in [1.165, 1.54) is 6.42 Å². The summed E-state index contributed by atoms with van der Waals surface area (Å²) in [6.07, 6.45) is 5.63. The van der Waals surface area contributed by atoms with Gasteiger partial charge >= 0.3 is 5.97 Å². The maximum Gasteiger partial charge on any atom is 0.326 e. The van der Waals surface area contributed by atoms with Crippen molar-refractivity contribution < 1.29 is 29.3 Å². The number of carboxylic acid groups (broad SMARTS) is 1. The Hall–Kier alpha value is -4.99.